The fraction of sp³-hybridized carbons (Fsp3) is 0.519. The summed E-state index contributed by atoms with van der Waals surface area (Å²) in [6.07, 6.45) is 5.84. The Morgan fingerprint density at radius 2 is 2.08 bits per heavy atom. The van der Waals surface area contributed by atoms with Gasteiger partial charge in [-0.1, -0.05) is 36.2 Å². The summed E-state index contributed by atoms with van der Waals surface area (Å²) in [6, 6.07) is 7.97. The van der Waals surface area contributed by atoms with E-state index in [4.69, 9.17) is 33.3 Å². The number of likely N-dealkylation sites (tertiary alicyclic amines) is 1. The fourth-order valence-corrected chi connectivity index (χ4v) is 6.66. The predicted octanol–water partition coefficient (Wildman–Crippen LogP) is 5.58. The molecule has 0 aliphatic carbocycles. The number of carbonyl (C=O) groups is 1. The molecule has 5 rings (SSSR count). The maximum absolute atomic E-state index is 11.1. The van der Waals surface area contributed by atoms with Gasteiger partial charge >= 0.3 is 5.97 Å². The van der Waals surface area contributed by atoms with Crippen LogP contribution in [0, 0.1) is 17.2 Å². The van der Waals surface area contributed by atoms with Crippen LogP contribution in [0.3, 0.4) is 0 Å². The van der Waals surface area contributed by atoms with Crippen LogP contribution in [0.15, 0.2) is 24.4 Å². The van der Waals surface area contributed by atoms with Crippen LogP contribution in [0.2, 0.25) is 10.0 Å². The van der Waals surface area contributed by atoms with Crippen LogP contribution < -0.4 is 4.90 Å². The first-order valence-electron chi connectivity index (χ1n) is 13.1. The Bertz CT molecular complexity index is 1390. The molecule has 0 spiro atoms. The fourth-order valence-electron chi connectivity index (χ4n) is 6.10. The average Bonchev–Trinajstić information content (AvgIpc) is 3.51. The second-order valence-electron chi connectivity index (χ2n) is 10.4. The average molecular weight is 593 g/mol. The van der Waals surface area contributed by atoms with Crippen molar-refractivity contribution in [1.29, 1.82) is 5.26 Å². The zero-order chi connectivity index (χ0) is 27.0. The second kappa shape index (κ2) is 12.3. The third kappa shape index (κ3) is 5.94. The zero-order valence-electron chi connectivity index (χ0n) is 21.9. The van der Waals surface area contributed by atoms with Crippen LogP contribution in [0.5, 0.6) is 0 Å². The molecule has 0 bridgehead atoms. The number of hydrogen-bond acceptors (Lipinski definition) is 7. The van der Waals surface area contributed by atoms with Gasteiger partial charge < -0.3 is 10.0 Å². The first kappa shape index (κ1) is 29.3. The molecule has 2 aliphatic rings. The van der Waals surface area contributed by atoms with Crippen LogP contribution in [-0.2, 0) is 4.79 Å². The Morgan fingerprint density at radius 1 is 1.28 bits per heavy atom. The van der Waals surface area contributed by atoms with Gasteiger partial charge in [-0.3, -0.25) is 9.69 Å². The third-order valence-electron chi connectivity index (χ3n) is 8.00. The van der Waals surface area contributed by atoms with E-state index in [1.54, 1.807) is 23.0 Å². The molecule has 0 saturated carbocycles. The highest BCUT2D eigenvalue weighted by Crippen LogP contribution is 2.34. The van der Waals surface area contributed by atoms with Crippen molar-refractivity contribution in [1.82, 2.24) is 24.6 Å². The van der Waals surface area contributed by atoms with Gasteiger partial charge in [0.2, 0.25) is 0 Å². The molecular formula is C27H32Cl3N7O2. The van der Waals surface area contributed by atoms with Crippen molar-refractivity contribution in [3.8, 4) is 6.07 Å². The van der Waals surface area contributed by atoms with Gasteiger partial charge in [0.1, 0.15) is 17.4 Å². The molecule has 0 amide bonds. The molecular weight excluding hydrogens is 561 g/mol. The molecule has 1 N–H and O–H groups in total. The Morgan fingerprint density at radius 3 is 2.77 bits per heavy atom. The molecule has 2 fully saturated rings. The number of carboxylic acid groups (broad SMARTS) is 1. The number of halogens is 3. The number of nitrogens with zero attached hydrogens (tertiary/aromatic N) is 7. The van der Waals surface area contributed by atoms with E-state index in [0.717, 1.165) is 50.3 Å². The van der Waals surface area contributed by atoms with Crippen molar-refractivity contribution in [2.45, 2.75) is 64.1 Å². The second-order valence-corrected chi connectivity index (χ2v) is 11.2. The minimum atomic E-state index is -0.722. The van der Waals surface area contributed by atoms with Gasteiger partial charge in [0.15, 0.2) is 11.3 Å². The lowest BCUT2D eigenvalue weighted by Gasteiger charge is -2.43. The van der Waals surface area contributed by atoms with E-state index in [2.05, 4.69) is 32.9 Å². The number of fused-ring (bicyclic) bond motifs is 1. The van der Waals surface area contributed by atoms with Crippen LogP contribution in [0.25, 0.3) is 11.2 Å². The summed E-state index contributed by atoms with van der Waals surface area (Å²) < 4.78 is 1.72. The smallest absolute Gasteiger partial charge is 0.303 e. The molecule has 39 heavy (non-hydrogen) atoms. The van der Waals surface area contributed by atoms with Crippen LogP contribution in [0.1, 0.15) is 63.3 Å². The lowest BCUT2D eigenvalue weighted by Crippen LogP contribution is -2.52. The van der Waals surface area contributed by atoms with E-state index in [-0.39, 0.29) is 30.6 Å². The van der Waals surface area contributed by atoms with E-state index >= 15 is 0 Å². The van der Waals surface area contributed by atoms with Crippen molar-refractivity contribution in [2.75, 3.05) is 24.5 Å². The third-order valence-corrected chi connectivity index (χ3v) is 8.56. The summed E-state index contributed by atoms with van der Waals surface area (Å²) >= 11 is 12.6. The van der Waals surface area contributed by atoms with Crippen molar-refractivity contribution in [2.24, 2.45) is 5.92 Å². The summed E-state index contributed by atoms with van der Waals surface area (Å²) in [5.41, 5.74) is 2.06. The highest BCUT2D eigenvalue weighted by Gasteiger charge is 2.37. The molecule has 1 unspecified atom stereocenters. The van der Waals surface area contributed by atoms with Crippen molar-refractivity contribution in [3.63, 3.8) is 0 Å². The quantitative estimate of drug-likeness (QED) is 0.379. The molecule has 12 heteroatoms. The van der Waals surface area contributed by atoms with Crippen molar-refractivity contribution < 1.29 is 9.90 Å². The minimum absolute atomic E-state index is 0. The number of aromatic nitrogens is 4. The van der Waals surface area contributed by atoms with Gasteiger partial charge in [-0.15, -0.1) is 12.4 Å². The Hall–Kier alpha value is -2.64. The maximum Gasteiger partial charge on any atom is 0.303 e. The topological polar surface area (TPSA) is 111 Å². The monoisotopic (exact) mass is 591 g/mol. The molecule has 4 atom stereocenters. The number of nitriles is 1. The lowest BCUT2D eigenvalue weighted by molar-refractivity contribution is -0.137. The molecule has 208 valence electrons. The van der Waals surface area contributed by atoms with E-state index < -0.39 is 5.97 Å². The Kier molecular flexibility index (Phi) is 9.22. The van der Waals surface area contributed by atoms with Gasteiger partial charge in [-0.25, -0.2) is 14.6 Å². The van der Waals surface area contributed by atoms with Crippen LogP contribution >= 0.6 is 35.6 Å². The van der Waals surface area contributed by atoms with E-state index in [0.29, 0.717) is 45.6 Å². The van der Waals surface area contributed by atoms with E-state index in [9.17, 15) is 10.1 Å². The van der Waals surface area contributed by atoms with Gasteiger partial charge in [0.25, 0.3) is 0 Å². The van der Waals surface area contributed by atoms with Crippen molar-refractivity contribution >= 4 is 58.6 Å². The lowest BCUT2D eigenvalue weighted by atomic mass is 9.91. The normalized spacial score (nSPS) is 22.4. The van der Waals surface area contributed by atoms with E-state index in [1.165, 1.54) is 0 Å². The molecule has 2 aliphatic heterocycles. The maximum atomic E-state index is 11.1. The first-order chi connectivity index (χ1) is 18.3. The number of benzene rings is 1. The highest BCUT2D eigenvalue weighted by atomic mass is 35.5. The molecule has 3 aromatic rings. The molecule has 9 nitrogen and oxygen atoms in total. The number of aliphatic carboxylic acids is 1. The first-order valence-corrected chi connectivity index (χ1v) is 13.8. The van der Waals surface area contributed by atoms with Crippen LogP contribution in [0.4, 0.5) is 5.82 Å². The van der Waals surface area contributed by atoms with E-state index in [1.807, 2.05) is 13.0 Å². The number of anilines is 1. The minimum Gasteiger partial charge on any atom is -0.481 e. The largest absolute Gasteiger partial charge is 0.481 e. The molecule has 0 radical (unpaired) electrons. The highest BCUT2D eigenvalue weighted by molar-refractivity contribution is 6.35. The summed E-state index contributed by atoms with van der Waals surface area (Å²) in [7, 11) is 0. The summed E-state index contributed by atoms with van der Waals surface area (Å²) in [5.74, 6) is 0.421. The standard InChI is InChI=1S/C27H31Cl2N7O2.ClH/c1-16-15-34(11-9-23(16)35-10-3-4-19(35)6-8-25(37)38)24-14-31-26-22(13-30)33-36(27(26)32-24)17(2)20-7-5-18(28)12-21(20)29;/h5,7,12,14,16-17,19,23H,3-4,6,8-11,15H2,1-2H3,(H,37,38);1H/t16-,17-,19?,23+;/m1./s1. The summed E-state index contributed by atoms with van der Waals surface area (Å²) in [6.45, 7) is 6.91. The van der Waals surface area contributed by atoms with Gasteiger partial charge in [0.05, 0.1) is 12.2 Å². The predicted molar refractivity (Wildman–Crippen MR) is 154 cm³/mol. The molecule has 2 aromatic heterocycles. The molecule has 4 heterocycles. The zero-order valence-corrected chi connectivity index (χ0v) is 24.3. The number of piperidine rings is 1. The number of carboxylic acids is 1. The van der Waals surface area contributed by atoms with Gasteiger partial charge in [-0.2, -0.15) is 10.4 Å². The molecule has 2 saturated heterocycles. The van der Waals surface area contributed by atoms with Gasteiger partial charge in [-0.05, 0) is 62.8 Å². The Balaban J connectivity index is 0.00000353. The van der Waals surface area contributed by atoms with Crippen molar-refractivity contribution in [3.05, 3.63) is 45.7 Å². The van der Waals surface area contributed by atoms with Crippen LogP contribution in [-0.4, -0.2) is 67.4 Å². The van der Waals surface area contributed by atoms with Gasteiger partial charge in [0, 0.05) is 41.6 Å². The SMILES string of the molecule is C[C@@H]1CN(c2cnc3c(C#N)nn([C@H](C)c4ccc(Cl)cc4Cl)c3n2)CC[C@@H]1N1CCCC1CCC(=O)O.Cl. The summed E-state index contributed by atoms with van der Waals surface area (Å²) in [5, 5.41) is 24.4. The number of rotatable bonds is 7. The number of hydrogen-bond donors (Lipinski definition) is 1. The Labute approximate surface area is 244 Å². The summed E-state index contributed by atoms with van der Waals surface area (Å²) in [4.78, 5) is 25.5. The molecule has 1 aromatic carbocycles.